The van der Waals surface area contributed by atoms with Crippen LogP contribution in [0.2, 0.25) is 0 Å². The van der Waals surface area contributed by atoms with E-state index in [1.165, 1.54) is 18.3 Å². The van der Waals surface area contributed by atoms with Gasteiger partial charge in [0.15, 0.2) is 4.21 Å². The molecule has 1 aliphatic heterocycles. The highest BCUT2D eigenvalue weighted by Crippen LogP contribution is 2.45. The minimum atomic E-state index is -3.97. The quantitative estimate of drug-likeness (QED) is 0.510. The van der Waals surface area contributed by atoms with E-state index in [1.54, 1.807) is 24.3 Å². The Labute approximate surface area is 169 Å². The Bertz CT molecular complexity index is 1030. The van der Waals surface area contributed by atoms with E-state index in [1.807, 2.05) is 35.7 Å². The van der Waals surface area contributed by atoms with Gasteiger partial charge in [-0.05, 0) is 42.0 Å². The van der Waals surface area contributed by atoms with Gasteiger partial charge in [-0.2, -0.15) is 8.42 Å². The molecule has 0 amide bonds. The van der Waals surface area contributed by atoms with Gasteiger partial charge in [0.05, 0.1) is 10.8 Å². The summed E-state index contributed by atoms with van der Waals surface area (Å²) in [5.41, 5.74) is 1.81. The Kier molecular flexibility index (Phi) is 5.45. The number of halogens is 1. The van der Waals surface area contributed by atoms with Crippen LogP contribution in [0.5, 0.6) is 5.75 Å². The van der Waals surface area contributed by atoms with Crippen LogP contribution in [-0.4, -0.2) is 24.9 Å². The van der Waals surface area contributed by atoms with Crippen LogP contribution in [0, 0.1) is 5.82 Å². The van der Waals surface area contributed by atoms with Crippen LogP contribution in [0.15, 0.2) is 58.9 Å². The molecule has 1 aromatic heterocycles. The number of aromatic nitrogens is 1. The summed E-state index contributed by atoms with van der Waals surface area (Å²) < 4.78 is 43.7. The summed E-state index contributed by atoms with van der Waals surface area (Å²) in [6, 6.07) is 12.9. The maximum Gasteiger partial charge on any atom is 0.350 e. The van der Waals surface area contributed by atoms with Crippen molar-refractivity contribution in [3.63, 3.8) is 0 Å². The first-order chi connectivity index (χ1) is 13.0. The van der Waals surface area contributed by atoms with E-state index < -0.39 is 10.1 Å². The van der Waals surface area contributed by atoms with Gasteiger partial charge < -0.3 is 4.18 Å². The average molecular weight is 440 g/mol. The first-order valence-electron chi connectivity index (χ1n) is 8.01. The van der Waals surface area contributed by atoms with Crippen molar-refractivity contribution < 1.29 is 17.0 Å². The van der Waals surface area contributed by atoms with Crippen LogP contribution >= 0.6 is 34.9 Å². The molecule has 1 aliphatic rings. The van der Waals surface area contributed by atoms with E-state index in [0.29, 0.717) is 15.2 Å². The highest BCUT2D eigenvalue weighted by Gasteiger charge is 2.22. The molecular formula is C18H14FNO3S4. The summed E-state index contributed by atoms with van der Waals surface area (Å²) >= 11 is 4.76. The summed E-state index contributed by atoms with van der Waals surface area (Å²) in [5.74, 6) is 2.17. The van der Waals surface area contributed by atoms with Crippen LogP contribution in [-0.2, 0) is 10.1 Å². The Morgan fingerprint density at radius 2 is 1.67 bits per heavy atom. The zero-order valence-electron chi connectivity index (χ0n) is 13.9. The number of hydrogen-bond donors (Lipinski definition) is 0. The molecule has 0 saturated carbocycles. The SMILES string of the molecule is O=S(=O)(Oc1ccc(C2SCCS2)cc1)c1cnc(-c2ccc(F)cc2)s1. The van der Waals surface area contributed by atoms with Gasteiger partial charge in [-0.15, -0.1) is 23.5 Å². The van der Waals surface area contributed by atoms with Crippen molar-refractivity contribution in [2.75, 3.05) is 11.5 Å². The number of hydrogen-bond acceptors (Lipinski definition) is 7. The lowest BCUT2D eigenvalue weighted by Gasteiger charge is -2.09. The van der Waals surface area contributed by atoms with Crippen LogP contribution in [0.1, 0.15) is 10.1 Å². The summed E-state index contributed by atoms with van der Waals surface area (Å²) in [5, 5.41) is 0.489. The Morgan fingerprint density at radius 3 is 2.33 bits per heavy atom. The van der Waals surface area contributed by atoms with Gasteiger partial charge >= 0.3 is 10.1 Å². The zero-order valence-corrected chi connectivity index (χ0v) is 17.1. The molecule has 0 unspecified atom stereocenters. The fourth-order valence-corrected chi connectivity index (χ4v) is 7.39. The minimum Gasteiger partial charge on any atom is -0.378 e. The minimum absolute atomic E-state index is 0.00723. The molecule has 4 rings (SSSR count). The monoisotopic (exact) mass is 439 g/mol. The van der Waals surface area contributed by atoms with Crippen molar-refractivity contribution in [3.8, 4) is 16.3 Å². The first kappa shape index (κ1) is 18.8. The number of thiazole rings is 1. The maximum atomic E-state index is 13.0. The van der Waals surface area contributed by atoms with Gasteiger partial charge in [-0.25, -0.2) is 9.37 Å². The molecule has 27 heavy (non-hydrogen) atoms. The van der Waals surface area contributed by atoms with E-state index >= 15 is 0 Å². The number of benzene rings is 2. The van der Waals surface area contributed by atoms with E-state index in [2.05, 4.69) is 4.98 Å². The first-order valence-corrected chi connectivity index (χ1v) is 12.3. The predicted molar refractivity (Wildman–Crippen MR) is 109 cm³/mol. The van der Waals surface area contributed by atoms with E-state index in [9.17, 15) is 12.8 Å². The standard InChI is InChI=1S/C18H14FNO3S4/c19-14-5-1-12(2-6-14)17-20-11-16(26-17)27(21,22)23-15-7-3-13(4-8-15)18-24-9-10-25-18/h1-8,11,18H,9-10H2. The third-order valence-corrected chi connectivity index (χ3v) is 9.62. The van der Waals surface area contributed by atoms with Crippen LogP contribution in [0.4, 0.5) is 4.39 Å². The average Bonchev–Trinajstić information content (AvgIpc) is 3.35. The summed E-state index contributed by atoms with van der Waals surface area (Å²) in [6.07, 6.45) is 1.26. The topological polar surface area (TPSA) is 56.3 Å². The second kappa shape index (κ2) is 7.83. The number of rotatable bonds is 5. The Hall–Kier alpha value is -1.55. The van der Waals surface area contributed by atoms with E-state index in [0.717, 1.165) is 28.4 Å². The Morgan fingerprint density at radius 1 is 1.00 bits per heavy atom. The van der Waals surface area contributed by atoms with Gasteiger partial charge in [0.2, 0.25) is 0 Å². The second-order valence-corrected chi connectivity index (χ2v) is 11.2. The van der Waals surface area contributed by atoms with E-state index in [4.69, 9.17) is 4.18 Å². The second-order valence-electron chi connectivity index (χ2n) is 5.67. The molecule has 9 heteroatoms. The van der Waals surface area contributed by atoms with Gasteiger partial charge in [-0.3, -0.25) is 0 Å². The molecule has 1 fully saturated rings. The molecule has 2 aromatic carbocycles. The number of thioether (sulfide) groups is 2. The van der Waals surface area contributed by atoms with Gasteiger partial charge in [0.1, 0.15) is 16.6 Å². The molecule has 0 atom stereocenters. The summed E-state index contributed by atoms with van der Waals surface area (Å²) in [4.78, 5) is 4.12. The molecule has 0 spiro atoms. The molecule has 1 saturated heterocycles. The maximum absolute atomic E-state index is 13.0. The van der Waals surface area contributed by atoms with Crippen LogP contribution < -0.4 is 4.18 Å². The highest BCUT2D eigenvalue weighted by atomic mass is 32.3. The lowest BCUT2D eigenvalue weighted by atomic mass is 10.2. The largest absolute Gasteiger partial charge is 0.378 e. The lowest BCUT2D eigenvalue weighted by molar-refractivity contribution is 0.488. The van der Waals surface area contributed by atoms with Crippen LogP contribution in [0.25, 0.3) is 10.6 Å². The van der Waals surface area contributed by atoms with E-state index in [-0.39, 0.29) is 15.8 Å². The van der Waals surface area contributed by atoms with Gasteiger partial charge in [-0.1, -0.05) is 23.5 Å². The third-order valence-electron chi connectivity index (χ3n) is 3.80. The predicted octanol–water partition coefficient (Wildman–Crippen LogP) is 5.20. The molecule has 0 N–H and O–H groups in total. The fourth-order valence-electron chi connectivity index (χ4n) is 2.50. The Balaban J connectivity index is 1.51. The van der Waals surface area contributed by atoms with Gasteiger partial charge in [0.25, 0.3) is 0 Å². The molecule has 140 valence electrons. The van der Waals surface area contributed by atoms with Crippen molar-refractivity contribution in [1.29, 1.82) is 0 Å². The highest BCUT2D eigenvalue weighted by molar-refractivity contribution is 8.19. The lowest BCUT2D eigenvalue weighted by Crippen LogP contribution is -2.08. The van der Waals surface area contributed by atoms with Crippen molar-refractivity contribution >= 4 is 45.0 Å². The fraction of sp³-hybridized carbons (Fsp3) is 0.167. The normalized spacial score (nSPS) is 15.1. The van der Waals surface area contributed by atoms with Crippen molar-refractivity contribution in [2.24, 2.45) is 0 Å². The molecule has 0 aliphatic carbocycles. The zero-order chi connectivity index (χ0) is 18.9. The van der Waals surface area contributed by atoms with Crippen LogP contribution in [0.3, 0.4) is 0 Å². The van der Waals surface area contributed by atoms with Crippen molar-refractivity contribution in [2.45, 2.75) is 8.79 Å². The third kappa shape index (κ3) is 4.31. The summed E-state index contributed by atoms with van der Waals surface area (Å²) in [6.45, 7) is 0. The molecule has 3 aromatic rings. The molecule has 0 bridgehead atoms. The van der Waals surface area contributed by atoms with Gasteiger partial charge in [0, 0.05) is 17.1 Å². The smallest absolute Gasteiger partial charge is 0.350 e. The summed E-state index contributed by atoms with van der Waals surface area (Å²) in [7, 11) is -3.97. The van der Waals surface area contributed by atoms with Crippen molar-refractivity contribution in [3.05, 3.63) is 66.1 Å². The molecule has 4 nitrogen and oxygen atoms in total. The number of nitrogens with zero attached hydrogens (tertiary/aromatic N) is 1. The van der Waals surface area contributed by atoms with Crippen molar-refractivity contribution in [1.82, 2.24) is 4.98 Å². The molecular weight excluding hydrogens is 425 g/mol. The molecule has 0 radical (unpaired) electrons. The molecule has 2 heterocycles.